The minimum Gasteiger partial charge on any atom is -0.375 e. The normalized spacial score (nSPS) is 15.4. The number of ether oxygens (including phenoxy) is 1. The molecule has 3 nitrogen and oxygen atoms in total. The number of benzene rings is 1. The monoisotopic (exact) mass is 232 g/mol. The van der Waals surface area contributed by atoms with Crippen molar-refractivity contribution >= 4 is 5.84 Å². The smallest absolute Gasteiger partial charge is 0.0963 e. The van der Waals surface area contributed by atoms with Gasteiger partial charge in [0, 0.05) is 19.5 Å². The summed E-state index contributed by atoms with van der Waals surface area (Å²) in [6.07, 6.45) is 3.59. The Morgan fingerprint density at radius 1 is 1.18 bits per heavy atom. The van der Waals surface area contributed by atoms with Crippen molar-refractivity contribution in [2.24, 2.45) is 4.99 Å². The Kier molecular flexibility index (Phi) is 5.04. The van der Waals surface area contributed by atoms with E-state index in [0.717, 1.165) is 32.0 Å². The average molecular weight is 232 g/mol. The van der Waals surface area contributed by atoms with Gasteiger partial charge >= 0.3 is 0 Å². The van der Waals surface area contributed by atoms with Crippen molar-refractivity contribution in [3.63, 3.8) is 0 Å². The van der Waals surface area contributed by atoms with E-state index in [9.17, 15) is 0 Å². The Bertz CT molecular complexity index is 348. The SMILES string of the molecule is c1ccc(COCCNC2=NCCCC2)cc1. The molecule has 1 aliphatic rings. The van der Waals surface area contributed by atoms with Gasteiger partial charge in [0.15, 0.2) is 0 Å². The van der Waals surface area contributed by atoms with Gasteiger partial charge in [-0.3, -0.25) is 4.99 Å². The lowest BCUT2D eigenvalue weighted by atomic mass is 10.2. The highest BCUT2D eigenvalue weighted by Gasteiger charge is 2.03. The standard InChI is InChI=1S/C14H20N2O/c1-2-6-13(7-3-1)12-17-11-10-16-14-8-4-5-9-15-14/h1-3,6-7H,4-5,8-12H2,(H,15,16). The number of rotatable bonds is 5. The van der Waals surface area contributed by atoms with Crippen molar-refractivity contribution in [3.05, 3.63) is 35.9 Å². The zero-order valence-corrected chi connectivity index (χ0v) is 10.2. The van der Waals surface area contributed by atoms with Gasteiger partial charge < -0.3 is 10.1 Å². The van der Waals surface area contributed by atoms with E-state index in [-0.39, 0.29) is 0 Å². The molecule has 0 saturated carbocycles. The van der Waals surface area contributed by atoms with Crippen molar-refractivity contribution in [3.8, 4) is 0 Å². The molecule has 1 N–H and O–H groups in total. The predicted octanol–water partition coefficient (Wildman–Crippen LogP) is 2.38. The largest absolute Gasteiger partial charge is 0.375 e. The van der Waals surface area contributed by atoms with Crippen LogP contribution in [0.1, 0.15) is 24.8 Å². The second kappa shape index (κ2) is 7.07. The van der Waals surface area contributed by atoms with Gasteiger partial charge in [-0.1, -0.05) is 30.3 Å². The maximum absolute atomic E-state index is 5.59. The number of nitrogens with one attached hydrogen (secondary N) is 1. The molecule has 1 aromatic rings. The second-order valence-electron chi connectivity index (χ2n) is 4.25. The zero-order chi connectivity index (χ0) is 11.8. The molecule has 3 heteroatoms. The fourth-order valence-corrected chi connectivity index (χ4v) is 1.87. The fraction of sp³-hybridized carbons (Fsp3) is 0.500. The first-order valence-electron chi connectivity index (χ1n) is 6.34. The average Bonchev–Trinajstić information content (AvgIpc) is 2.41. The molecule has 0 spiro atoms. The molecule has 1 aromatic carbocycles. The molecule has 0 saturated heterocycles. The summed E-state index contributed by atoms with van der Waals surface area (Å²) in [6, 6.07) is 10.3. The maximum Gasteiger partial charge on any atom is 0.0963 e. The molecule has 2 rings (SSSR count). The molecule has 0 unspecified atom stereocenters. The number of nitrogens with zero attached hydrogens (tertiary/aromatic N) is 1. The van der Waals surface area contributed by atoms with Gasteiger partial charge in [-0.25, -0.2) is 0 Å². The lowest BCUT2D eigenvalue weighted by molar-refractivity contribution is 0.125. The Balaban J connectivity index is 1.56. The lowest BCUT2D eigenvalue weighted by Crippen LogP contribution is -2.29. The van der Waals surface area contributed by atoms with E-state index in [1.54, 1.807) is 0 Å². The first kappa shape index (κ1) is 12.1. The summed E-state index contributed by atoms with van der Waals surface area (Å²) >= 11 is 0. The van der Waals surface area contributed by atoms with Crippen LogP contribution in [0.25, 0.3) is 0 Å². The first-order valence-corrected chi connectivity index (χ1v) is 6.34. The summed E-state index contributed by atoms with van der Waals surface area (Å²) in [6.45, 7) is 3.25. The topological polar surface area (TPSA) is 33.6 Å². The third-order valence-corrected chi connectivity index (χ3v) is 2.81. The van der Waals surface area contributed by atoms with Crippen LogP contribution < -0.4 is 5.32 Å². The summed E-state index contributed by atoms with van der Waals surface area (Å²) in [4.78, 5) is 4.44. The van der Waals surface area contributed by atoms with Gasteiger partial charge in [-0.2, -0.15) is 0 Å². The van der Waals surface area contributed by atoms with E-state index in [4.69, 9.17) is 4.74 Å². The Labute approximate surface area is 103 Å². The van der Waals surface area contributed by atoms with Gasteiger partial charge in [0.1, 0.15) is 0 Å². The molecule has 0 fully saturated rings. The first-order chi connectivity index (χ1) is 8.45. The molecule has 0 aromatic heterocycles. The number of aliphatic imine (C=N–C) groups is 1. The van der Waals surface area contributed by atoms with Gasteiger partial charge in [0.25, 0.3) is 0 Å². The Morgan fingerprint density at radius 3 is 2.82 bits per heavy atom. The summed E-state index contributed by atoms with van der Waals surface area (Å²) in [5.74, 6) is 1.15. The summed E-state index contributed by atoms with van der Waals surface area (Å²) in [5.41, 5.74) is 1.22. The van der Waals surface area contributed by atoms with Crippen LogP contribution in [0.5, 0.6) is 0 Å². The minimum atomic E-state index is 0.689. The van der Waals surface area contributed by atoms with E-state index >= 15 is 0 Å². The van der Waals surface area contributed by atoms with Gasteiger partial charge in [-0.15, -0.1) is 0 Å². The number of hydrogen-bond donors (Lipinski definition) is 1. The number of hydrogen-bond acceptors (Lipinski definition) is 3. The molecule has 0 bridgehead atoms. The van der Waals surface area contributed by atoms with Crippen LogP contribution >= 0.6 is 0 Å². The third-order valence-electron chi connectivity index (χ3n) is 2.81. The highest BCUT2D eigenvalue weighted by Crippen LogP contribution is 2.03. The predicted molar refractivity (Wildman–Crippen MR) is 70.3 cm³/mol. The van der Waals surface area contributed by atoms with Crippen molar-refractivity contribution in [1.29, 1.82) is 0 Å². The van der Waals surface area contributed by atoms with Crippen molar-refractivity contribution in [2.45, 2.75) is 25.9 Å². The third kappa shape index (κ3) is 4.57. The quantitative estimate of drug-likeness (QED) is 0.791. The van der Waals surface area contributed by atoms with Crippen LogP contribution in [0, 0.1) is 0 Å². The highest BCUT2D eigenvalue weighted by molar-refractivity contribution is 5.82. The molecule has 0 radical (unpaired) electrons. The van der Waals surface area contributed by atoms with Crippen LogP contribution in [0.2, 0.25) is 0 Å². The Hall–Kier alpha value is -1.35. The summed E-state index contributed by atoms with van der Waals surface area (Å²) < 4.78 is 5.59. The van der Waals surface area contributed by atoms with Crippen LogP contribution in [0.4, 0.5) is 0 Å². The van der Waals surface area contributed by atoms with Gasteiger partial charge in [-0.05, 0) is 18.4 Å². The van der Waals surface area contributed by atoms with E-state index < -0.39 is 0 Å². The zero-order valence-electron chi connectivity index (χ0n) is 10.2. The summed E-state index contributed by atoms with van der Waals surface area (Å²) in [5, 5.41) is 3.33. The van der Waals surface area contributed by atoms with E-state index in [2.05, 4.69) is 22.4 Å². The molecule has 92 valence electrons. The van der Waals surface area contributed by atoms with Crippen LogP contribution in [0.15, 0.2) is 35.3 Å². The van der Waals surface area contributed by atoms with Crippen LogP contribution in [0.3, 0.4) is 0 Å². The Morgan fingerprint density at radius 2 is 2.06 bits per heavy atom. The van der Waals surface area contributed by atoms with Gasteiger partial charge in [0.2, 0.25) is 0 Å². The van der Waals surface area contributed by atoms with Crippen LogP contribution in [-0.4, -0.2) is 25.5 Å². The molecule has 0 amide bonds. The highest BCUT2D eigenvalue weighted by atomic mass is 16.5. The molecule has 1 heterocycles. The van der Waals surface area contributed by atoms with Crippen molar-refractivity contribution in [1.82, 2.24) is 5.32 Å². The minimum absolute atomic E-state index is 0.689. The molecule has 0 atom stereocenters. The van der Waals surface area contributed by atoms with E-state index in [0.29, 0.717) is 6.61 Å². The summed E-state index contributed by atoms with van der Waals surface area (Å²) in [7, 11) is 0. The fourth-order valence-electron chi connectivity index (χ4n) is 1.87. The molecule has 0 aliphatic carbocycles. The maximum atomic E-state index is 5.59. The lowest BCUT2D eigenvalue weighted by Gasteiger charge is -2.13. The molecule has 17 heavy (non-hydrogen) atoms. The van der Waals surface area contributed by atoms with Crippen LogP contribution in [-0.2, 0) is 11.3 Å². The van der Waals surface area contributed by atoms with E-state index in [1.807, 2.05) is 18.2 Å². The van der Waals surface area contributed by atoms with E-state index in [1.165, 1.54) is 18.4 Å². The molecular weight excluding hydrogens is 212 g/mol. The second-order valence-corrected chi connectivity index (χ2v) is 4.25. The number of amidine groups is 1. The molecular formula is C14H20N2O. The van der Waals surface area contributed by atoms with Gasteiger partial charge in [0.05, 0.1) is 19.0 Å². The molecule has 1 aliphatic heterocycles. The van der Waals surface area contributed by atoms with Crippen molar-refractivity contribution in [2.75, 3.05) is 19.7 Å². The van der Waals surface area contributed by atoms with Crippen molar-refractivity contribution < 1.29 is 4.74 Å².